The van der Waals surface area contributed by atoms with E-state index in [-0.39, 0.29) is 18.7 Å². The minimum atomic E-state index is -0.426. The SMILES string of the molecule is CCc1nc(-c2ccc(OC)cc2Cl)c(CC)nc1N[C@@H]1c2ccccc2C[C@@H]1OC(=O)CN. The third-order valence-corrected chi connectivity index (χ3v) is 6.38. The maximum absolute atomic E-state index is 12.0. The van der Waals surface area contributed by atoms with E-state index in [4.69, 9.17) is 36.8 Å². The molecule has 7 nitrogen and oxygen atoms in total. The standard InChI is InChI=1S/C26H29ClN4O3/c1-4-20-24(18-11-10-16(33-3)13-19(18)27)29-21(5-2)26(30-20)31-25-17-9-7-6-8-15(17)12-22(25)34-23(32)14-28/h6-11,13,22,25H,4-5,12,14,28H2,1-3H3,(H,30,31)/t22-,25+/m0/s1. The van der Waals surface area contributed by atoms with Crippen LogP contribution in [0.2, 0.25) is 5.02 Å². The molecule has 8 heteroatoms. The number of anilines is 1. The number of aromatic nitrogens is 2. The number of esters is 1. The number of benzene rings is 2. The number of hydrogen-bond donors (Lipinski definition) is 2. The van der Waals surface area contributed by atoms with Gasteiger partial charge in [0.1, 0.15) is 17.7 Å². The van der Waals surface area contributed by atoms with E-state index in [1.165, 1.54) is 0 Å². The van der Waals surface area contributed by atoms with Crippen LogP contribution >= 0.6 is 11.6 Å². The summed E-state index contributed by atoms with van der Waals surface area (Å²) in [5.41, 5.74) is 10.9. The fourth-order valence-corrected chi connectivity index (χ4v) is 4.61. The first-order valence-corrected chi connectivity index (χ1v) is 11.8. The molecule has 3 aromatic rings. The molecule has 2 atom stereocenters. The van der Waals surface area contributed by atoms with Gasteiger partial charge in [-0.25, -0.2) is 9.97 Å². The van der Waals surface area contributed by atoms with Crippen molar-refractivity contribution in [3.63, 3.8) is 0 Å². The first kappa shape index (κ1) is 24.0. The molecule has 0 saturated heterocycles. The number of methoxy groups -OCH3 is 1. The minimum Gasteiger partial charge on any atom is -0.497 e. The van der Waals surface area contributed by atoms with Crippen molar-refractivity contribution in [2.45, 2.75) is 45.3 Å². The third-order valence-electron chi connectivity index (χ3n) is 6.07. The zero-order chi connectivity index (χ0) is 24.2. The molecule has 0 bridgehead atoms. The smallest absolute Gasteiger partial charge is 0.320 e. The van der Waals surface area contributed by atoms with Crippen molar-refractivity contribution in [3.8, 4) is 17.0 Å². The molecule has 1 aliphatic rings. The number of carbonyl (C=O) groups is 1. The van der Waals surface area contributed by atoms with E-state index in [2.05, 4.69) is 17.4 Å². The van der Waals surface area contributed by atoms with Gasteiger partial charge < -0.3 is 20.5 Å². The van der Waals surface area contributed by atoms with Gasteiger partial charge in [-0.3, -0.25) is 4.79 Å². The summed E-state index contributed by atoms with van der Waals surface area (Å²) >= 11 is 6.56. The van der Waals surface area contributed by atoms with Crippen LogP contribution in [0.4, 0.5) is 5.82 Å². The van der Waals surface area contributed by atoms with Crippen molar-refractivity contribution in [2.75, 3.05) is 19.0 Å². The molecule has 0 fully saturated rings. The Morgan fingerprint density at radius 3 is 2.59 bits per heavy atom. The average Bonchev–Trinajstić information content (AvgIpc) is 3.20. The largest absolute Gasteiger partial charge is 0.497 e. The van der Waals surface area contributed by atoms with Crippen LogP contribution in [-0.4, -0.2) is 35.7 Å². The van der Waals surface area contributed by atoms with Gasteiger partial charge in [-0.1, -0.05) is 49.7 Å². The van der Waals surface area contributed by atoms with Crippen molar-refractivity contribution in [3.05, 3.63) is 70.0 Å². The van der Waals surface area contributed by atoms with Gasteiger partial charge in [-0.05, 0) is 42.2 Å². The summed E-state index contributed by atoms with van der Waals surface area (Å²) in [7, 11) is 1.61. The number of carbonyl (C=O) groups excluding carboxylic acids is 1. The number of halogens is 1. The van der Waals surface area contributed by atoms with E-state index in [9.17, 15) is 4.79 Å². The first-order chi connectivity index (χ1) is 16.5. The van der Waals surface area contributed by atoms with Gasteiger partial charge in [0.2, 0.25) is 0 Å². The Balaban J connectivity index is 1.73. The molecule has 0 radical (unpaired) electrons. The molecule has 0 spiro atoms. The normalized spacial score (nSPS) is 16.7. The van der Waals surface area contributed by atoms with Crippen LogP contribution in [0, 0.1) is 0 Å². The van der Waals surface area contributed by atoms with Crippen LogP contribution in [0.15, 0.2) is 42.5 Å². The van der Waals surface area contributed by atoms with Crippen LogP contribution in [0.3, 0.4) is 0 Å². The summed E-state index contributed by atoms with van der Waals surface area (Å²) in [6, 6.07) is 13.4. The van der Waals surface area contributed by atoms with Crippen molar-refractivity contribution in [1.29, 1.82) is 0 Å². The van der Waals surface area contributed by atoms with Gasteiger partial charge in [-0.15, -0.1) is 0 Å². The number of nitrogens with two attached hydrogens (primary N) is 1. The third kappa shape index (κ3) is 4.72. The van der Waals surface area contributed by atoms with Gasteiger partial charge in [0, 0.05) is 12.0 Å². The van der Waals surface area contributed by atoms with E-state index in [1.807, 2.05) is 38.1 Å². The molecule has 34 heavy (non-hydrogen) atoms. The highest BCUT2D eigenvalue weighted by Crippen LogP contribution is 2.38. The monoisotopic (exact) mass is 480 g/mol. The van der Waals surface area contributed by atoms with Gasteiger partial charge in [0.25, 0.3) is 0 Å². The molecule has 0 unspecified atom stereocenters. The summed E-state index contributed by atoms with van der Waals surface area (Å²) in [4.78, 5) is 21.9. The van der Waals surface area contributed by atoms with Crippen molar-refractivity contribution in [1.82, 2.24) is 9.97 Å². The highest BCUT2D eigenvalue weighted by atomic mass is 35.5. The minimum absolute atomic E-state index is 0.156. The second kappa shape index (κ2) is 10.4. The second-order valence-electron chi connectivity index (χ2n) is 8.12. The van der Waals surface area contributed by atoms with Crippen LogP contribution in [0.5, 0.6) is 5.75 Å². The summed E-state index contributed by atoms with van der Waals surface area (Å²) in [5.74, 6) is 0.945. The topological polar surface area (TPSA) is 99.4 Å². The maximum atomic E-state index is 12.0. The molecule has 0 saturated carbocycles. The summed E-state index contributed by atoms with van der Waals surface area (Å²) < 4.78 is 11.0. The zero-order valence-corrected chi connectivity index (χ0v) is 20.4. The lowest BCUT2D eigenvalue weighted by Crippen LogP contribution is -2.31. The Morgan fingerprint density at radius 1 is 1.15 bits per heavy atom. The quantitative estimate of drug-likeness (QED) is 0.457. The van der Waals surface area contributed by atoms with Gasteiger partial charge >= 0.3 is 5.97 Å². The van der Waals surface area contributed by atoms with Crippen molar-refractivity contribution < 1.29 is 14.3 Å². The summed E-state index contributed by atoms with van der Waals surface area (Å²) in [5, 5.41) is 4.10. The van der Waals surface area contributed by atoms with E-state index in [0.717, 1.165) is 33.8 Å². The van der Waals surface area contributed by atoms with E-state index in [0.29, 0.717) is 35.9 Å². The van der Waals surface area contributed by atoms with Crippen LogP contribution in [0.1, 0.15) is 42.4 Å². The van der Waals surface area contributed by atoms with Gasteiger partial charge in [-0.2, -0.15) is 0 Å². The molecular formula is C26H29ClN4O3. The molecule has 4 rings (SSSR count). The lowest BCUT2D eigenvalue weighted by Gasteiger charge is -2.24. The van der Waals surface area contributed by atoms with Crippen LogP contribution in [-0.2, 0) is 28.8 Å². The molecule has 1 aliphatic carbocycles. The van der Waals surface area contributed by atoms with E-state index < -0.39 is 5.97 Å². The van der Waals surface area contributed by atoms with Crippen molar-refractivity contribution in [2.24, 2.45) is 5.73 Å². The number of fused-ring (bicyclic) bond motifs is 1. The zero-order valence-electron chi connectivity index (χ0n) is 19.6. The number of hydrogen-bond acceptors (Lipinski definition) is 7. The fourth-order valence-electron chi connectivity index (χ4n) is 4.35. The second-order valence-corrected chi connectivity index (χ2v) is 8.53. The van der Waals surface area contributed by atoms with E-state index in [1.54, 1.807) is 13.2 Å². The average molecular weight is 481 g/mol. The predicted molar refractivity (Wildman–Crippen MR) is 133 cm³/mol. The van der Waals surface area contributed by atoms with E-state index >= 15 is 0 Å². The van der Waals surface area contributed by atoms with Crippen molar-refractivity contribution >= 4 is 23.4 Å². The highest BCUT2D eigenvalue weighted by Gasteiger charge is 2.36. The van der Waals surface area contributed by atoms with Crippen LogP contribution < -0.4 is 15.8 Å². The Hall–Kier alpha value is -3.16. The Morgan fingerprint density at radius 2 is 1.91 bits per heavy atom. The summed E-state index contributed by atoms with van der Waals surface area (Å²) in [6.45, 7) is 3.92. The molecule has 0 aliphatic heterocycles. The molecule has 0 amide bonds. The number of nitrogens with one attached hydrogen (secondary N) is 1. The Labute approximate surface area is 204 Å². The fraction of sp³-hybridized carbons (Fsp3) is 0.346. The predicted octanol–water partition coefficient (Wildman–Crippen LogP) is 4.51. The maximum Gasteiger partial charge on any atom is 0.320 e. The lowest BCUT2D eigenvalue weighted by atomic mass is 10.1. The number of nitrogens with zero attached hydrogens (tertiary/aromatic N) is 2. The van der Waals surface area contributed by atoms with Gasteiger partial charge in [0.15, 0.2) is 0 Å². The first-order valence-electron chi connectivity index (χ1n) is 11.5. The number of aryl methyl sites for hydroxylation is 2. The molecule has 1 heterocycles. The molecule has 178 valence electrons. The van der Waals surface area contributed by atoms with Gasteiger partial charge in [0.05, 0.1) is 41.8 Å². The lowest BCUT2D eigenvalue weighted by molar-refractivity contribution is -0.147. The number of rotatable bonds is 8. The highest BCUT2D eigenvalue weighted by molar-refractivity contribution is 6.33. The molecular weight excluding hydrogens is 452 g/mol. The Bertz CT molecular complexity index is 1200. The summed E-state index contributed by atoms with van der Waals surface area (Å²) in [6.07, 6.45) is 1.59. The Kier molecular flexibility index (Phi) is 7.34. The number of ether oxygens (including phenoxy) is 2. The molecule has 1 aromatic heterocycles. The molecule has 2 aromatic carbocycles. The molecule has 3 N–H and O–H groups in total. The van der Waals surface area contributed by atoms with Crippen LogP contribution in [0.25, 0.3) is 11.3 Å².